The fraction of sp³-hybridized carbons (Fsp3) is 0.0556. The molecule has 0 aliphatic rings. The van der Waals surface area contributed by atoms with E-state index in [4.69, 9.17) is 9.68 Å². The molecule has 1 heterocycles. The molecule has 3 rings (SSSR count). The van der Waals surface area contributed by atoms with Crippen LogP contribution in [0, 0.1) is 11.3 Å². The van der Waals surface area contributed by atoms with Gasteiger partial charge in [0.2, 0.25) is 11.8 Å². The smallest absolute Gasteiger partial charge is 0.244 e. The molecule has 1 aromatic heterocycles. The highest BCUT2D eigenvalue weighted by molar-refractivity contribution is 5.91. The number of hydrogen-bond acceptors (Lipinski definition) is 4. The van der Waals surface area contributed by atoms with Gasteiger partial charge in [0.1, 0.15) is 5.52 Å². The molecule has 0 radical (unpaired) electrons. The molecule has 2 aromatic carbocycles. The molecule has 23 heavy (non-hydrogen) atoms. The van der Waals surface area contributed by atoms with E-state index in [0.29, 0.717) is 23.6 Å². The van der Waals surface area contributed by atoms with Gasteiger partial charge >= 0.3 is 0 Å². The number of benzene rings is 2. The number of fused-ring (bicyclic) bond motifs is 1. The van der Waals surface area contributed by atoms with Crippen LogP contribution in [0.5, 0.6) is 0 Å². The third-order valence-electron chi connectivity index (χ3n) is 3.24. The highest BCUT2D eigenvalue weighted by atomic mass is 16.3. The molecule has 1 N–H and O–H groups in total. The zero-order valence-electron chi connectivity index (χ0n) is 12.2. The number of nitrogens with one attached hydrogen (secondary N) is 1. The van der Waals surface area contributed by atoms with E-state index >= 15 is 0 Å². The molecule has 0 fully saturated rings. The first kappa shape index (κ1) is 14.5. The fourth-order valence-corrected chi connectivity index (χ4v) is 2.05. The summed E-state index contributed by atoms with van der Waals surface area (Å²) < 4.78 is 5.50. The Morgan fingerprint density at radius 1 is 1.22 bits per heavy atom. The van der Waals surface area contributed by atoms with E-state index in [1.165, 1.54) is 12.2 Å². The van der Waals surface area contributed by atoms with Crippen LogP contribution in [0.15, 0.2) is 59.0 Å². The zero-order valence-corrected chi connectivity index (χ0v) is 12.2. The number of para-hydroxylation sites is 2. The van der Waals surface area contributed by atoms with Gasteiger partial charge in [-0.05, 0) is 29.8 Å². The van der Waals surface area contributed by atoms with Crippen LogP contribution < -0.4 is 5.32 Å². The van der Waals surface area contributed by atoms with Crippen molar-refractivity contribution in [2.24, 2.45) is 0 Å². The summed E-state index contributed by atoms with van der Waals surface area (Å²) in [4.78, 5) is 16.1. The van der Waals surface area contributed by atoms with Gasteiger partial charge in [0.25, 0.3) is 0 Å². The number of hydrogen-bond donors (Lipinski definition) is 1. The first-order chi connectivity index (χ1) is 11.2. The Hall–Kier alpha value is -3.39. The summed E-state index contributed by atoms with van der Waals surface area (Å²) in [5.74, 6) is 0.149. The monoisotopic (exact) mass is 303 g/mol. The third kappa shape index (κ3) is 3.63. The second-order valence-corrected chi connectivity index (χ2v) is 4.88. The normalized spacial score (nSPS) is 10.7. The summed E-state index contributed by atoms with van der Waals surface area (Å²) in [6.07, 6.45) is 2.92. The first-order valence-electron chi connectivity index (χ1n) is 7.05. The number of carbonyl (C=O) groups excluding carboxylic acids is 1. The van der Waals surface area contributed by atoms with Crippen molar-refractivity contribution in [3.63, 3.8) is 0 Å². The van der Waals surface area contributed by atoms with Gasteiger partial charge in [-0.25, -0.2) is 4.98 Å². The standard InChI is InChI=1S/C18H13N3O2/c19-11-13-5-7-14(8-6-13)12-20-17(22)9-10-18-21-15-3-1-2-4-16(15)23-18/h1-10H,12H2,(H,20,22)/b10-9+. The predicted octanol–water partition coefficient (Wildman–Crippen LogP) is 3.03. The Balaban J connectivity index is 1.59. The van der Waals surface area contributed by atoms with E-state index in [1.54, 1.807) is 12.1 Å². The molecule has 5 heteroatoms. The maximum atomic E-state index is 11.8. The average molecular weight is 303 g/mol. The Morgan fingerprint density at radius 3 is 2.74 bits per heavy atom. The summed E-state index contributed by atoms with van der Waals surface area (Å²) in [6.45, 7) is 0.391. The number of oxazole rings is 1. The molecule has 1 amide bonds. The average Bonchev–Trinajstić information content (AvgIpc) is 3.01. The van der Waals surface area contributed by atoms with E-state index < -0.39 is 0 Å². The molecule has 3 aromatic rings. The maximum absolute atomic E-state index is 11.8. The van der Waals surface area contributed by atoms with Crippen LogP contribution in [-0.2, 0) is 11.3 Å². The molecule has 0 saturated carbocycles. The maximum Gasteiger partial charge on any atom is 0.244 e. The fourth-order valence-electron chi connectivity index (χ4n) is 2.05. The molecule has 112 valence electrons. The quantitative estimate of drug-likeness (QED) is 0.751. The van der Waals surface area contributed by atoms with E-state index in [0.717, 1.165) is 11.1 Å². The van der Waals surface area contributed by atoms with E-state index in [2.05, 4.69) is 16.4 Å². The third-order valence-corrected chi connectivity index (χ3v) is 3.24. The lowest BCUT2D eigenvalue weighted by atomic mass is 10.1. The van der Waals surface area contributed by atoms with Gasteiger partial charge in [-0.1, -0.05) is 24.3 Å². The Bertz CT molecular complexity index is 869. The predicted molar refractivity (Wildman–Crippen MR) is 86.0 cm³/mol. The number of nitrogens with zero attached hydrogens (tertiary/aromatic N) is 2. The van der Waals surface area contributed by atoms with Crippen molar-refractivity contribution in [2.45, 2.75) is 6.54 Å². The number of carbonyl (C=O) groups is 1. The molecule has 0 spiro atoms. The highest BCUT2D eigenvalue weighted by Gasteiger charge is 2.02. The Labute approximate surface area is 132 Å². The number of amides is 1. The van der Waals surface area contributed by atoms with E-state index in [1.807, 2.05) is 36.4 Å². The van der Waals surface area contributed by atoms with Crippen molar-refractivity contribution in [3.8, 4) is 6.07 Å². The molecule has 0 bridgehead atoms. The summed E-state index contributed by atoms with van der Waals surface area (Å²) >= 11 is 0. The lowest BCUT2D eigenvalue weighted by Crippen LogP contribution is -2.20. The van der Waals surface area contributed by atoms with Crippen molar-refractivity contribution in [2.75, 3.05) is 0 Å². The van der Waals surface area contributed by atoms with Crippen LogP contribution in [0.4, 0.5) is 0 Å². The Kier molecular flexibility index (Phi) is 4.16. The van der Waals surface area contributed by atoms with E-state index in [9.17, 15) is 4.79 Å². The summed E-state index contributed by atoms with van der Waals surface area (Å²) in [7, 11) is 0. The van der Waals surface area contributed by atoms with Gasteiger partial charge < -0.3 is 9.73 Å². The molecule has 0 unspecified atom stereocenters. The van der Waals surface area contributed by atoms with Crippen LogP contribution in [0.25, 0.3) is 17.2 Å². The van der Waals surface area contributed by atoms with E-state index in [-0.39, 0.29) is 5.91 Å². The molecule has 0 atom stereocenters. The summed E-state index contributed by atoms with van der Waals surface area (Å²) in [5.41, 5.74) is 2.96. The summed E-state index contributed by atoms with van der Waals surface area (Å²) in [6, 6.07) is 16.5. The Morgan fingerprint density at radius 2 is 2.00 bits per heavy atom. The second-order valence-electron chi connectivity index (χ2n) is 4.88. The first-order valence-corrected chi connectivity index (χ1v) is 7.05. The molecular weight excluding hydrogens is 290 g/mol. The van der Waals surface area contributed by atoms with Crippen LogP contribution >= 0.6 is 0 Å². The largest absolute Gasteiger partial charge is 0.437 e. The van der Waals surface area contributed by atoms with Gasteiger partial charge in [-0.3, -0.25) is 4.79 Å². The van der Waals surface area contributed by atoms with Crippen molar-refractivity contribution in [3.05, 3.63) is 71.6 Å². The van der Waals surface area contributed by atoms with Crippen LogP contribution in [0.1, 0.15) is 17.0 Å². The summed E-state index contributed by atoms with van der Waals surface area (Å²) in [5, 5.41) is 11.5. The van der Waals surface area contributed by atoms with Gasteiger partial charge in [0.15, 0.2) is 5.58 Å². The minimum absolute atomic E-state index is 0.239. The molecule has 0 saturated heterocycles. The van der Waals surface area contributed by atoms with Crippen LogP contribution in [0.3, 0.4) is 0 Å². The van der Waals surface area contributed by atoms with Crippen molar-refractivity contribution < 1.29 is 9.21 Å². The van der Waals surface area contributed by atoms with Crippen LogP contribution in [0.2, 0.25) is 0 Å². The van der Waals surface area contributed by atoms with Gasteiger partial charge in [0, 0.05) is 18.7 Å². The molecular formula is C18H13N3O2. The number of aromatic nitrogens is 1. The second kappa shape index (κ2) is 6.58. The van der Waals surface area contributed by atoms with Gasteiger partial charge in [-0.2, -0.15) is 5.26 Å². The topological polar surface area (TPSA) is 78.9 Å². The van der Waals surface area contributed by atoms with Crippen molar-refractivity contribution in [1.29, 1.82) is 5.26 Å². The minimum atomic E-state index is -0.239. The lowest BCUT2D eigenvalue weighted by molar-refractivity contribution is -0.116. The SMILES string of the molecule is N#Cc1ccc(CNC(=O)/C=C/c2nc3ccccc3o2)cc1. The zero-order chi connectivity index (χ0) is 16.1. The molecule has 5 nitrogen and oxygen atoms in total. The van der Waals surface area contributed by atoms with Crippen LogP contribution in [-0.4, -0.2) is 10.9 Å². The van der Waals surface area contributed by atoms with Crippen molar-refractivity contribution in [1.82, 2.24) is 10.3 Å². The number of rotatable bonds is 4. The lowest BCUT2D eigenvalue weighted by Gasteiger charge is -2.02. The molecule has 0 aliphatic carbocycles. The molecule has 0 aliphatic heterocycles. The van der Waals surface area contributed by atoms with Crippen molar-refractivity contribution >= 4 is 23.1 Å². The minimum Gasteiger partial charge on any atom is -0.437 e. The number of nitriles is 1. The van der Waals surface area contributed by atoms with Gasteiger partial charge in [0.05, 0.1) is 11.6 Å². The highest BCUT2D eigenvalue weighted by Crippen LogP contribution is 2.15. The van der Waals surface area contributed by atoms with Gasteiger partial charge in [-0.15, -0.1) is 0 Å².